The summed E-state index contributed by atoms with van der Waals surface area (Å²) in [4.78, 5) is 11.8. The number of ether oxygens (including phenoxy) is 1. The van der Waals surface area contributed by atoms with Gasteiger partial charge in [0.05, 0.1) is 0 Å². The first-order valence-corrected chi connectivity index (χ1v) is 6.25. The fourth-order valence-corrected chi connectivity index (χ4v) is 1.89. The van der Waals surface area contributed by atoms with Gasteiger partial charge in [-0.15, -0.1) is 0 Å². The highest BCUT2D eigenvalue weighted by Gasteiger charge is 2.23. The number of para-hydroxylation sites is 1. The number of hydrogen-bond donors (Lipinski definition) is 2. The molecule has 0 unspecified atom stereocenters. The lowest BCUT2D eigenvalue weighted by molar-refractivity contribution is 0.0635. The zero-order chi connectivity index (χ0) is 13.2. The number of anilines is 1. The van der Waals surface area contributed by atoms with Crippen molar-refractivity contribution in [2.45, 2.75) is 32.3 Å². The van der Waals surface area contributed by atoms with E-state index in [-0.39, 0.29) is 0 Å². The maximum absolute atomic E-state index is 11.8. The highest BCUT2D eigenvalue weighted by molar-refractivity contribution is 5.86. The van der Waals surface area contributed by atoms with Gasteiger partial charge in [0.2, 0.25) is 0 Å². The Morgan fingerprint density at radius 3 is 2.56 bits per heavy atom. The monoisotopic (exact) mass is 248 g/mol. The predicted molar refractivity (Wildman–Crippen MR) is 71.9 cm³/mol. The quantitative estimate of drug-likeness (QED) is 0.846. The third kappa shape index (κ3) is 3.23. The molecule has 1 heterocycles. The first-order chi connectivity index (χ1) is 8.46. The molecule has 1 saturated heterocycles. The Balaban J connectivity index is 2.06. The van der Waals surface area contributed by atoms with Crippen molar-refractivity contribution < 1.29 is 9.53 Å². The van der Waals surface area contributed by atoms with Gasteiger partial charge < -0.3 is 10.1 Å². The molecule has 2 N–H and O–H groups in total. The van der Waals surface area contributed by atoms with Crippen LogP contribution in [0.3, 0.4) is 0 Å². The van der Waals surface area contributed by atoms with Gasteiger partial charge in [0.15, 0.2) is 0 Å². The summed E-state index contributed by atoms with van der Waals surface area (Å²) in [7, 11) is 0. The molecule has 1 fully saturated rings. The van der Waals surface area contributed by atoms with Crippen molar-refractivity contribution in [3.05, 3.63) is 29.8 Å². The molecule has 0 aliphatic carbocycles. The van der Waals surface area contributed by atoms with Crippen LogP contribution in [0.15, 0.2) is 24.3 Å². The van der Waals surface area contributed by atoms with Crippen LogP contribution < -0.4 is 10.6 Å². The van der Waals surface area contributed by atoms with Crippen LogP contribution >= 0.6 is 0 Å². The number of hydrogen-bond acceptors (Lipinski definition) is 3. The van der Waals surface area contributed by atoms with E-state index in [9.17, 15) is 4.79 Å². The molecule has 4 nitrogen and oxygen atoms in total. The topological polar surface area (TPSA) is 50.4 Å². The van der Waals surface area contributed by atoms with Crippen LogP contribution in [-0.4, -0.2) is 24.8 Å². The van der Waals surface area contributed by atoms with Crippen LogP contribution in [0.2, 0.25) is 0 Å². The van der Waals surface area contributed by atoms with Gasteiger partial charge in [0, 0.05) is 24.7 Å². The smallest absolute Gasteiger partial charge is 0.412 e. The van der Waals surface area contributed by atoms with E-state index in [2.05, 4.69) is 16.7 Å². The molecule has 0 radical (unpaired) electrons. The molecule has 1 aromatic carbocycles. The van der Waals surface area contributed by atoms with Gasteiger partial charge in [0.25, 0.3) is 0 Å². The number of rotatable bonds is 2. The lowest BCUT2D eigenvalue weighted by Gasteiger charge is -2.29. The van der Waals surface area contributed by atoms with Gasteiger partial charge in [0.1, 0.15) is 5.60 Å². The van der Waals surface area contributed by atoms with E-state index in [1.165, 1.54) is 5.56 Å². The van der Waals surface area contributed by atoms with Crippen LogP contribution in [-0.2, 0) is 4.74 Å². The fraction of sp³-hybridized carbons (Fsp3) is 0.500. The number of benzene rings is 1. The van der Waals surface area contributed by atoms with Crippen LogP contribution in [0.25, 0.3) is 0 Å². The minimum Gasteiger partial charge on any atom is -0.444 e. The van der Waals surface area contributed by atoms with Crippen LogP contribution in [0.4, 0.5) is 10.5 Å². The van der Waals surface area contributed by atoms with Crippen LogP contribution in [0, 0.1) is 0 Å². The predicted octanol–water partition coefficient (Wildman–Crippen LogP) is 2.72. The first kappa shape index (κ1) is 12.9. The minimum atomic E-state index is -0.475. The summed E-state index contributed by atoms with van der Waals surface area (Å²) in [5.74, 6) is 0.483. The van der Waals surface area contributed by atoms with Gasteiger partial charge >= 0.3 is 6.09 Å². The maximum atomic E-state index is 11.8. The Hall–Kier alpha value is -1.55. The average Bonchev–Trinajstić information content (AvgIpc) is 2.15. The molecule has 18 heavy (non-hydrogen) atoms. The molecule has 4 heteroatoms. The lowest BCUT2D eigenvalue weighted by Crippen LogP contribution is -2.40. The van der Waals surface area contributed by atoms with Gasteiger partial charge in [-0.2, -0.15) is 0 Å². The van der Waals surface area contributed by atoms with Crippen molar-refractivity contribution in [2.75, 3.05) is 18.4 Å². The zero-order valence-corrected chi connectivity index (χ0v) is 11.1. The third-order valence-electron chi connectivity index (χ3n) is 2.82. The highest BCUT2D eigenvalue weighted by Crippen LogP contribution is 2.27. The van der Waals surface area contributed by atoms with E-state index < -0.39 is 11.7 Å². The van der Waals surface area contributed by atoms with Crippen molar-refractivity contribution >= 4 is 11.8 Å². The third-order valence-corrected chi connectivity index (χ3v) is 2.82. The molecule has 1 aliphatic rings. The molecular weight excluding hydrogens is 228 g/mol. The normalized spacial score (nSPS) is 15.9. The Morgan fingerprint density at radius 1 is 1.33 bits per heavy atom. The van der Waals surface area contributed by atoms with E-state index >= 15 is 0 Å². The van der Waals surface area contributed by atoms with Crippen LogP contribution in [0.5, 0.6) is 0 Å². The molecule has 0 aromatic heterocycles. The molecule has 1 amide bonds. The van der Waals surface area contributed by atoms with E-state index in [0.29, 0.717) is 5.92 Å². The molecule has 2 rings (SSSR count). The minimum absolute atomic E-state index is 0.401. The van der Waals surface area contributed by atoms with Crippen molar-refractivity contribution in [3.63, 3.8) is 0 Å². The van der Waals surface area contributed by atoms with E-state index in [1.807, 2.05) is 39.0 Å². The van der Waals surface area contributed by atoms with Gasteiger partial charge in [-0.3, -0.25) is 5.32 Å². The van der Waals surface area contributed by atoms with Crippen molar-refractivity contribution in [1.29, 1.82) is 0 Å². The van der Waals surface area contributed by atoms with Crippen molar-refractivity contribution in [3.8, 4) is 0 Å². The van der Waals surface area contributed by atoms with Gasteiger partial charge in [-0.1, -0.05) is 18.2 Å². The Labute approximate surface area is 108 Å². The molecule has 0 spiro atoms. The van der Waals surface area contributed by atoms with Gasteiger partial charge in [-0.25, -0.2) is 4.79 Å². The molecule has 0 bridgehead atoms. The summed E-state index contributed by atoms with van der Waals surface area (Å²) >= 11 is 0. The standard InChI is InChI=1S/C14H20N2O2/c1-14(2,3)18-13(17)16-12-7-5-4-6-11(12)10-8-15-9-10/h4-7,10,15H,8-9H2,1-3H3,(H,16,17). The van der Waals surface area contributed by atoms with Crippen molar-refractivity contribution in [2.24, 2.45) is 0 Å². The van der Waals surface area contributed by atoms with E-state index in [4.69, 9.17) is 4.74 Å². The van der Waals surface area contributed by atoms with Gasteiger partial charge in [-0.05, 0) is 32.4 Å². The van der Waals surface area contributed by atoms with Crippen LogP contribution in [0.1, 0.15) is 32.3 Å². The molecule has 0 saturated carbocycles. The zero-order valence-electron chi connectivity index (χ0n) is 11.1. The van der Waals surface area contributed by atoms with E-state index in [0.717, 1.165) is 18.8 Å². The summed E-state index contributed by atoms with van der Waals surface area (Å²) in [6, 6.07) is 7.88. The molecule has 1 aliphatic heterocycles. The van der Waals surface area contributed by atoms with Crippen molar-refractivity contribution in [1.82, 2.24) is 5.32 Å². The summed E-state index contributed by atoms with van der Waals surface area (Å²) in [5, 5.41) is 6.06. The first-order valence-electron chi connectivity index (χ1n) is 6.25. The summed E-state index contributed by atoms with van der Waals surface area (Å²) in [6.45, 7) is 7.50. The summed E-state index contributed by atoms with van der Waals surface area (Å²) < 4.78 is 5.26. The maximum Gasteiger partial charge on any atom is 0.412 e. The molecular formula is C14H20N2O2. The molecule has 0 atom stereocenters. The Kier molecular flexibility index (Phi) is 3.57. The Morgan fingerprint density at radius 2 is 2.00 bits per heavy atom. The summed E-state index contributed by atoms with van der Waals surface area (Å²) in [6.07, 6.45) is -0.401. The second-order valence-electron chi connectivity index (χ2n) is 5.57. The fourth-order valence-electron chi connectivity index (χ4n) is 1.89. The second-order valence-corrected chi connectivity index (χ2v) is 5.57. The summed E-state index contributed by atoms with van der Waals surface area (Å²) in [5.41, 5.74) is 1.54. The number of carbonyl (C=O) groups excluding carboxylic acids is 1. The second kappa shape index (κ2) is 4.98. The Bertz CT molecular complexity index is 434. The number of amides is 1. The van der Waals surface area contributed by atoms with E-state index in [1.54, 1.807) is 0 Å². The molecule has 98 valence electrons. The highest BCUT2D eigenvalue weighted by atomic mass is 16.6. The largest absolute Gasteiger partial charge is 0.444 e. The molecule has 1 aromatic rings. The lowest BCUT2D eigenvalue weighted by atomic mass is 9.92. The SMILES string of the molecule is CC(C)(C)OC(=O)Nc1ccccc1C1CNC1. The number of nitrogens with one attached hydrogen (secondary N) is 2. The number of carbonyl (C=O) groups is 1. The average molecular weight is 248 g/mol.